The van der Waals surface area contributed by atoms with Gasteiger partial charge in [0.15, 0.2) is 0 Å². The summed E-state index contributed by atoms with van der Waals surface area (Å²) in [5.41, 5.74) is 7.30. The van der Waals surface area contributed by atoms with Crippen LogP contribution in [0.2, 0.25) is 0 Å². The molecule has 0 unspecified atom stereocenters. The van der Waals surface area contributed by atoms with Gasteiger partial charge in [-0.15, -0.1) is 0 Å². The second-order valence-electron chi connectivity index (χ2n) is 6.02. The van der Waals surface area contributed by atoms with Crippen LogP contribution in [0.1, 0.15) is 30.9 Å². The zero-order chi connectivity index (χ0) is 15.5. The Hall–Kier alpha value is -2.41. The molecule has 1 heterocycles. The number of nitrogens with zero attached hydrogens (tertiary/aromatic N) is 1. The van der Waals surface area contributed by atoms with Gasteiger partial charge in [-0.05, 0) is 47.2 Å². The van der Waals surface area contributed by atoms with Crippen molar-refractivity contribution >= 4 is 0 Å². The van der Waals surface area contributed by atoms with E-state index in [1.165, 1.54) is 27.8 Å². The third-order valence-electron chi connectivity index (χ3n) is 4.09. The predicted octanol–water partition coefficient (Wildman–Crippen LogP) is 5.85. The van der Waals surface area contributed by atoms with E-state index in [1.54, 1.807) is 0 Å². The Morgan fingerprint density at radius 3 is 2.23 bits per heavy atom. The molecule has 3 aromatic rings. The van der Waals surface area contributed by atoms with E-state index in [0.717, 1.165) is 5.69 Å². The van der Waals surface area contributed by atoms with Crippen molar-refractivity contribution in [1.29, 1.82) is 0 Å². The van der Waals surface area contributed by atoms with E-state index in [1.807, 2.05) is 6.20 Å². The van der Waals surface area contributed by atoms with E-state index >= 15 is 0 Å². The number of aromatic nitrogens is 1. The summed E-state index contributed by atoms with van der Waals surface area (Å²) in [6, 6.07) is 21.5. The Bertz CT molecular complexity index is 770. The molecule has 0 amide bonds. The zero-order valence-corrected chi connectivity index (χ0v) is 13.4. The molecular formula is C21H21N. The highest BCUT2D eigenvalue weighted by atomic mass is 14.7. The molecule has 0 fully saturated rings. The minimum Gasteiger partial charge on any atom is -0.256 e. The number of aryl methyl sites for hydroxylation is 1. The predicted molar refractivity (Wildman–Crippen MR) is 93.9 cm³/mol. The topological polar surface area (TPSA) is 12.9 Å². The van der Waals surface area contributed by atoms with Gasteiger partial charge in [-0.1, -0.05) is 62.4 Å². The maximum atomic E-state index is 4.54. The first-order valence-electron chi connectivity index (χ1n) is 7.77. The molecule has 2 aromatic carbocycles. The lowest BCUT2D eigenvalue weighted by Crippen LogP contribution is -1.89. The lowest BCUT2D eigenvalue weighted by atomic mass is 9.97. The molecule has 0 saturated carbocycles. The second-order valence-corrected chi connectivity index (χ2v) is 6.02. The number of benzene rings is 2. The normalized spacial score (nSPS) is 10.9. The summed E-state index contributed by atoms with van der Waals surface area (Å²) in [4.78, 5) is 4.54. The lowest BCUT2D eigenvalue weighted by Gasteiger charge is -2.09. The first-order valence-corrected chi connectivity index (χ1v) is 7.77. The molecule has 110 valence electrons. The molecule has 3 rings (SSSR count). The Labute approximate surface area is 132 Å². The minimum absolute atomic E-state index is 0.564. The van der Waals surface area contributed by atoms with Crippen molar-refractivity contribution in [3.8, 4) is 22.4 Å². The smallest absolute Gasteiger partial charge is 0.0710 e. The second kappa shape index (κ2) is 6.15. The summed E-state index contributed by atoms with van der Waals surface area (Å²) in [5.74, 6) is 0.564. The van der Waals surface area contributed by atoms with Crippen molar-refractivity contribution in [1.82, 2.24) is 4.98 Å². The van der Waals surface area contributed by atoms with E-state index in [-0.39, 0.29) is 0 Å². The van der Waals surface area contributed by atoms with Crippen molar-refractivity contribution in [2.75, 3.05) is 0 Å². The molecule has 0 saturated heterocycles. The number of rotatable bonds is 3. The highest BCUT2D eigenvalue weighted by Gasteiger charge is 2.06. The average Bonchev–Trinajstić information content (AvgIpc) is 2.55. The van der Waals surface area contributed by atoms with Gasteiger partial charge < -0.3 is 0 Å². The molecule has 0 aliphatic rings. The molecule has 0 aliphatic heterocycles. The maximum absolute atomic E-state index is 4.54. The highest BCUT2D eigenvalue weighted by Crippen LogP contribution is 2.27. The SMILES string of the molecule is Cc1ccccc1-c1cc(-c2ccc(C(C)C)cc2)ccn1. The van der Waals surface area contributed by atoms with E-state index < -0.39 is 0 Å². The van der Waals surface area contributed by atoms with Crippen molar-refractivity contribution in [2.24, 2.45) is 0 Å². The summed E-state index contributed by atoms with van der Waals surface area (Å²) in [6.07, 6.45) is 1.90. The van der Waals surface area contributed by atoms with Crippen molar-refractivity contribution in [3.05, 3.63) is 78.0 Å². The Morgan fingerprint density at radius 2 is 1.55 bits per heavy atom. The van der Waals surface area contributed by atoms with E-state index in [9.17, 15) is 0 Å². The fourth-order valence-electron chi connectivity index (χ4n) is 2.68. The first kappa shape index (κ1) is 14.5. The molecule has 0 spiro atoms. The Balaban J connectivity index is 1.99. The van der Waals surface area contributed by atoms with Crippen LogP contribution >= 0.6 is 0 Å². The fourth-order valence-corrected chi connectivity index (χ4v) is 2.68. The molecule has 0 radical (unpaired) electrons. The maximum Gasteiger partial charge on any atom is 0.0710 e. The highest BCUT2D eigenvalue weighted by molar-refractivity contribution is 5.71. The quantitative estimate of drug-likeness (QED) is 0.589. The van der Waals surface area contributed by atoms with Crippen LogP contribution in [0.5, 0.6) is 0 Å². The van der Waals surface area contributed by atoms with Gasteiger partial charge in [0.25, 0.3) is 0 Å². The van der Waals surface area contributed by atoms with Crippen LogP contribution in [-0.2, 0) is 0 Å². The summed E-state index contributed by atoms with van der Waals surface area (Å²) in [5, 5.41) is 0. The third-order valence-corrected chi connectivity index (χ3v) is 4.09. The van der Waals surface area contributed by atoms with E-state index in [2.05, 4.69) is 86.4 Å². The first-order chi connectivity index (χ1) is 10.6. The minimum atomic E-state index is 0.564. The van der Waals surface area contributed by atoms with Gasteiger partial charge in [0.2, 0.25) is 0 Å². The van der Waals surface area contributed by atoms with Crippen LogP contribution in [-0.4, -0.2) is 4.98 Å². The monoisotopic (exact) mass is 287 g/mol. The van der Waals surface area contributed by atoms with E-state index in [4.69, 9.17) is 0 Å². The lowest BCUT2D eigenvalue weighted by molar-refractivity contribution is 0.867. The van der Waals surface area contributed by atoms with Crippen LogP contribution in [0.25, 0.3) is 22.4 Å². The van der Waals surface area contributed by atoms with Gasteiger partial charge in [-0.2, -0.15) is 0 Å². The molecule has 0 bridgehead atoms. The van der Waals surface area contributed by atoms with Crippen LogP contribution in [0.3, 0.4) is 0 Å². The Morgan fingerprint density at radius 1 is 0.818 bits per heavy atom. The van der Waals surface area contributed by atoms with Gasteiger partial charge in [0.05, 0.1) is 5.69 Å². The fraction of sp³-hybridized carbons (Fsp3) is 0.190. The summed E-state index contributed by atoms with van der Waals surface area (Å²) < 4.78 is 0. The average molecular weight is 287 g/mol. The molecule has 1 heteroatoms. The number of hydrogen-bond donors (Lipinski definition) is 0. The van der Waals surface area contributed by atoms with Crippen molar-refractivity contribution < 1.29 is 0 Å². The molecule has 0 aliphatic carbocycles. The molecule has 0 N–H and O–H groups in total. The Kier molecular flexibility index (Phi) is 4.06. The van der Waals surface area contributed by atoms with Gasteiger partial charge in [0, 0.05) is 11.8 Å². The van der Waals surface area contributed by atoms with Crippen LogP contribution < -0.4 is 0 Å². The van der Waals surface area contributed by atoms with Crippen molar-refractivity contribution in [3.63, 3.8) is 0 Å². The van der Waals surface area contributed by atoms with Gasteiger partial charge in [-0.3, -0.25) is 4.98 Å². The number of hydrogen-bond acceptors (Lipinski definition) is 1. The van der Waals surface area contributed by atoms with Gasteiger partial charge in [-0.25, -0.2) is 0 Å². The number of pyridine rings is 1. The standard InChI is InChI=1S/C21H21N/c1-15(2)17-8-10-18(11-9-17)19-12-13-22-21(14-19)20-7-5-4-6-16(20)3/h4-15H,1-3H3. The molecule has 0 atom stereocenters. The molecule has 1 nitrogen and oxygen atoms in total. The largest absolute Gasteiger partial charge is 0.256 e. The third kappa shape index (κ3) is 2.94. The van der Waals surface area contributed by atoms with Crippen LogP contribution in [0, 0.1) is 6.92 Å². The molecule has 22 heavy (non-hydrogen) atoms. The van der Waals surface area contributed by atoms with Gasteiger partial charge >= 0.3 is 0 Å². The molecule has 1 aromatic heterocycles. The van der Waals surface area contributed by atoms with Crippen LogP contribution in [0.4, 0.5) is 0 Å². The van der Waals surface area contributed by atoms with Gasteiger partial charge in [0.1, 0.15) is 0 Å². The summed E-state index contributed by atoms with van der Waals surface area (Å²) >= 11 is 0. The zero-order valence-electron chi connectivity index (χ0n) is 13.4. The van der Waals surface area contributed by atoms with E-state index in [0.29, 0.717) is 5.92 Å². The van der Waals surface area contributed by atoms with Crippen molar-refractivity contribution in [2.45, 2.75) is 26.7 Å². The summed E-state index contributed by atoms with van der Waals surface area (Å²) in [6.45, 7) is 6.57. The van der Waals surface area contributed by atoms with Crippen LogP contribution in [0.15, 0.2) is 66.9 Å². The molecular weight excluding hydrogens is 266 g/mol. The summed E-state index contributed by atoms with van der Waals surface area (Å²) in [7, 11) is 0.